The fourth-order valence-electron chi connectivity index (χ4n) is 1.97. The summed E-state index contributed by atoms with van der Waals surface area (Å²) in [7, 11) is 0. The van der Waals surface area contributed by atoms with Gasteiger partial charge in [0.15, 0.2) is 0 Å². The molecule has 0 aliphatic heterocycles. The van der Waals surface area contributed by atoms with E-state index in [9.17, 15) is 9.59 Å². The van der Waals surface area contributed by atoms with Gasteiger partial charge in [-0.3, -0.25) is 9.59 Å². The predicted molar refractivity (Wildman–Crippen MR) is 71.8 cm³/mol. The van der Waals surface area contributed by atoms with Crippen molar-refractivity contribution in [2.24, 2.45) is 0 Å². The van der Waals surface area contributed by atoms with Crippen LogP contribution in [0.25, 0.3) is 0 Å². The minimum absolute atomic E-state index is 0. The number of unbranched alkanes of at least 4 members (excludes halogenated alkanes) is 9. The molecule has 4 nitrogen and oxygen atoms in total. The summed E-state index contributed by atoms with van der Waals surface area (Å²) >= 11 is 0. The zero-order chi connectivity index (χ0) is 13.6. The van der Waals surface area contributed by atoms with E-state index in [1.807, 2.05) is 0 Å². The van der Waals surface area contributed by atoms with Crippen LogP contribution in [0.4, 0.5) is 0 Å². The van der Waals surface area contributed by atoms with E-state index in [1.54, 1.807) is 0 Å². The fraction of sp³-hybridized carbons (Fsp3) is 0.857. The molecule has 0 radical (unpaired) electrons. The molecule has 0 aromatic rings. The number of carbonyl (C=O) groups is 2. The van der Waals surface area contributed by atoms with Gasteiger partial charge in [-0.25, -0.2) is 0 Å². The summed E-state index contributed by atoms with van der Waals surface area (Å²) in [5.41, 5.74) is 0. The second kappa shape index (κ2) is 16.0. The van der Waals surface area contributed by atoms with Crippen molar-refractivity contribution in [3.05, 3.63) is 0 Å². The molecule has 0 amide bonds. The van der Waals surface area contributed by atoms with Crippen LogP contribution in [0.1, 0.15) is 78.5 Å². The van der Waals surface area contributed by atoms with Crippen LogP contribution in [-0.4, -0.2) is 22.2 Å². The SMILES string of the molecule is O=C(O)CCCCCCCCCCCCC(=O)O.[H-].[Na+]. The molecule has 19 heavy (non-hydrogen) atoms. The molecular formula is C14H27NaO4. The molecule has 0 aromatic heterocycles. The van der Waals surface area contributed by atoms with Crippen molar-refractivity contribution in [1.29, 1.82) is 0 Å². The first-order valence-electron chi connectivity index (χ1n) is 7.06. The van der Waals surface area contributed by atoms with Gasteiger partial charge in [-0.05, 0) is 12.8 Å². The number of hydrogen-bond acceptors (Lipinski definition) is 2. The van der Waals surface area contributed by atoms with Gasteiger partial charge in [-0.2, -0.15) is 0 Å². The Labute approximate surface area is 139 Å². The van der Waals surface area contributed by atoms with Gasteiger partial charge < -0.3 is 11.6 Å². The van der Waals surface area contributed by atoms with Crippen LogP contribution in [0.3, 0.4) is 0 Å². The van der Waals surface area contributed by atoms with E-state index in [0.29, 0.717) is 12.8 Å². The summed E-state index contributed by atoms with van der Waals surface area (Å²) in [6.07, 6.45) is 11.3. The average Bonchev–Trinajstić information content (AvgIpc) is 2.29. The Morgan fingerprint density at radius 2 is 0.789 bits per heavy atom. The van der Waals surface area contributed by atoms with Crippen molar-refractivity contribution >= 4 is 11.9 Å². The van der Waals surface area contributed by atoms with E-state index in [-0.39, 0.29) is 31.0 Å². The summed E-state index contributed by atoms with van der Waals surface area (Å²) < 4.78 is 0. The molecular weight excluding hydrogens is 255 g/mol. The van der Waals surface area contributed by atoms with E-state index in [0.717, 1.165) is 38.5 Å². The number of rotatable bonds is 13. The van der Waals surface area contributed by atoms with Crippen molar-refractivity contribution < 1.29 is 50.8 Å². The minimum atomic E-state index is -0.698. The first kappa shape index (κ1) is 21.2. The fourth-order valence-corrected chi connectivity index (χ4v) is 1.97. The predicted octanol–water partition coefficient (Wildman–Crippen LogP) is 0.953. The van der Waals surface area contributed by atoms with Gasteiger partial charge in [0, 0.05) is 12.8 Å². The van der Waals surface area contributed by atoms with Crippen molar-refractivity contribution in [1.82, 2.24) is 0 Å². The third-order valence-corrected chi connectivity index (χ3v) is 3.03. The molecule has 0 rings (SSSR count). The molecule has 0 heterocycles. The van der Waals surface area contributed by atoms with Gasteiger partial charge in [0.05, 0.1) is 0 Å². The standard InChI is InChI=1S/C14H26O4.Na.H/c15-13(16)11-9-7-5-3-1-2-4-6-8-10-12-14(17)18;;/h1-12H2,(H,15,16)(H,17,18);;/q;+1;-1. The van der Waals surface area contributed by atoms with Crippen molar-refractivity contribution in [3.63, 3.8) is 0 Å². The Morgan fingerprint density at radius 1 is 0.579 bits per heavy atom. The summed E-state index contributed by atoms with van der Waals surface area (Å²) in [5.74, 6) is -1.40. The molecule has 0 saturated heterocycles. The molecule has 108 valence electrons. The Kier molecular flexibility index (Phi) is 17.9. The van der Waals surface area contributed by atoms with E-state index in [4.69, 9.17) is 10.2 Å². The van der Waals surface area contributed by atoms with Gasteiger partial charge in [0.2, 0.25) is 0 Å². The molecule has 5 heteroatoms. The monoisotopic (exact) mass is 282 g/mol. The maximum Gasteiger partial charge on any atom is 1.00 e. The van der Waals surface area contributed by atoms with Crippen LogP contribution in [0.5, 0.6) is 0 Å². The third kappa shape index (κ3) is 20.4. The van der Waals surface area contributed by atoms with Crippen molar-refractivity contribution in [2.45, 2.75) is 77.0 Å². The smallest absolute Gasteiger partial charge is 1.00 e. The molecule has 0 fully saturated rings. The molecule has 0 unspecified atom stereocenters. The number of carboxylic acid groups (broad SMARTS) is 2. The van der Waals surface area contributed by atoms with Crippen molar-refractivity contribution in [3.8, 4) is 0 Å². The van der Waals surface area contributed by atoms with Gasteiger partial charge in [-0.1, -0.05) is 51.4 Å². The van der Waals surface area contributed by atoms with Crippen LogP contribution >= 0.6 is 0 Å². The molecule has 0 aliphatic carbocycles. The molecule has 0 aromatic carbocycles. The maximum absolute atomic E-state index is 10.3. The number of aliphatic carboxylic acids is 2. The number of carboxylic acids is 2. The molecule has 0 saturated carbocycles. The van der Waals surface area contributed by atoms with Crippen LogP contribution in [0.15, 0.2) is 0 Å². The van der Waals surface area contributed by atoms with E-state index < -0.39 is 11.9 Å². The summed E-state index contributed by atoms with van der Waals surface area (Å²) in [5, 5.41) is 16.9. The summed E-state index contributed by atoms with van der Waals surface area (Å²) in [6, 6.07) is 0. The third-order valence-electron chi connectivity index (χ3n) is 3.03. The zero-order valence-corrected chi connectivity index (χ0v) is 14.2. The summed E-state index contributed by atoms with van der Waals surface area (Å²) in [4.78, 5) is 20.5. The second-order valence-corrected chi connectivity index (χ2v) is 4.82. The topological polar surface area (TPSA) is 74.6 Å². The van der Waals surface area contributed by atoms with Crippen molar-refractivity contribution in [2.75, 3.05) is 0 Å². The summed E-state index contributed by atoms with van der Waals surface area (Å²) in [6.45, 7) is 0. The Balaban J connectivity index is -0.00000144. The molecule has 2 N–H and O–H groups in total. The van der Waals surface area contributed by atoms with Gasteiger partial charge in [-0.15, -0.1) is 0 Å². The van der Waals surface area contributed by atoms with E-state index in [1.165, 1.54) is 25.7 Å². The molecule has 0 atom stereocenters. The second-order valence-electron chi connectivity index (χ2n) is 4.82. The minimum Gasteiger partial charge on any atom is -1.00 e. The largest absolute Gasteiger partial charge is 1.00 e. The normalized spacial score (nSPS) is 9.89. The van der Waals surface area contributed by atoms with Gasteiger partial charge >= 0.3 is 41.5 Å². The molecule has 0 spiro atoms. The molecule has 0 aliphatic rings. The zero-order valence-electron chi connectivity index (χ0n) is 13.2. The average molecular weight is 282 g/mol. The van der Waals surface area contributed by atoms with Gasteiger partial charge in [0.1, 0.15) is 0 Å². The Morgan fingerprint density at radius 3 is 1.00 bits per heavy atom. The molecule has 0 bridgehead atoms. The van der Waals surface area contributed by atoms with Gasteiger partial charge in [0.25, 0.3) is 0 Å². The van der Waals surface area contributed by atoms with E-state index >= 15 is 0 Å². The van der Waals surface area contributed by atoms with Crippen LogP contribution in [0.2, 0.25) is 0 Å². The quantitative estimate of drug-likeness (QED) is 0.390. The van der Waals surface area contributed by atoms with E-state index in [2.05, 4.69) is 0 Å². The van der Waals surface area contributed by atoms with Crippen LogP contribution < -0.4 is 29.6 Å². The Bertz CT molecular complexity index is 213. The maximum atomic E-state index is 10.3. The Hall–Kier alpha value is -0.0600. The van der Waals surface area contributed by atoms with Crippen LogP contribution in [0, 0.1) is 0 Å². The van der Waals surface area contributed by atoms with Crippen LogP contribution in [-0.2, 0) is 9.59 Å². The first-order chi connectivity index (χ1) is 8.63. The number of hydrogen-bond donors (Lipinski definition) is 2. The first-order valence-corrected chi connectivity index (χ1v) is 7.06.